The van der Waals surface area contributed by atoms with E-state index in [1.165, 1.54) is 6.07 Å². The minimum absolute atomic E-state index is 0.225. The minimum Gasteiger partial charge on any atom is -0.324 e. The van der Waals surface area contributed by atoms with Crippen molar-refractivity contribution in [2.24, 2.45) is 5.73 Å². The van der Waals surface area contributed by atoms with Gasteiger partial charge in [-0.3, -0.25) is 0 Å². The van der Waals surface area contributed by atoms with Crippen molar-refractivity contribution in [1.82, 2.24) is 14.8 Å². The van der Waals surface area contributed by atoms with Gasteiger partial charge in [-0.15, -0.1) is 10.2 Å². The first-order valence-corrected chi connectivity index (χ1v) is 6.32. The summed E-state index contributed by atoms with van der Waals surface area (Å²) in [5.41, 5.74) is 5.33. The molecular weight excluding hydrogens is 269 g/mol. The molecule has 1 saturated carbocycles. The van der Waals surface area contributed by atoms with E-state index in [0.29, 0.717) is 17.2 Å². The monoisotopic (exact) mass is 282 g/mol. The number of nitrogens with two attached hydrogens (primary N) is 1. The van der Waals surface area contributed by atoms with E-state index in [1.54, 1.807) is 6.07 Å². The van der Waals surface area contributed by atoms with Gasteiger partial charge in [-0.2, -0.15) is 13.2 Å². The van der Waals surface area contributed by atoms with E-state index in [0.717, 1.165) is 25.0 Å². The Labute approximate surface area is 113 Å². The van der Waals surface area contributed by atoms with Crippen molar-refractivity contribution in [2.45, 2.75) is 31.6 Å². The predicted octanol–water partition coefficient (Wildman–Crippen LogP) is 2.76. The van der Waals surface area contributed by atoms with Crippen LogP contribution in [0.4, 0.5) is 13.2 Å². The Morgan fingerprint density at radius 1 is 1.25 bits per heavy atom. The highest BCUT2D eigenvalue weighted by atomic mass is 19.4. The smallest absolute Gasteiger partial charge is 0.324 e. The highest BCUT2D eigenvalue weighted by Gasteiger charge is 2.32. The van der Waals surface area contributed by atoms with Crippen molar-refractivity contribution in [3.05, 3.63) is 35.7 Å². The second kappa shape index (κ2) is 4.59. The number of hydrogen-bond acceptors (Lipinski definition) is 3. The van der Waals surface area contributed by atoms with Crippen LogP contribution in [-0.4, -0.2) is 14.8 Å². The van der Waals surface area contributed by atoms with Crippen molar-refractivity contribution < 1.29 is 13.2 Å². The lowest BCUT2D eigenvalue weighted by atomic mass is 10.1. The maximum absolute atomic E-state index is 12.8. The van der Waals surface area contributed by atoms with Crippen molar-refractivity contribution >= 4 is 0 Å². The first-order valence-electron chi connectivity index (χ1n) is 6.32. The quantitative estimate of drug-likeness (QED) is 0.941. The molecule has 0 amide bonds. The van der Waals surface area contributed by atoms with E-state index in [2.05, 4.69) is 10.2 Å². The van der Waals surface area contributed by atoms with Gasteiger partial charge in [-0.25, -0.2) is 0 Å². The van der Waals surface area contributed by atoms with Crippen molar-refractivity contribution in [2.75, 3.05) is 0 Å². The highest BCUT2D eigenvalue weighted by molar-refractivity contribution is 5.57. The van der Waals surface area contributed by atoms with Gasteiger partial charge in [0.2, 0.25) is 0 Å². The minimum atomic E-state index is -4.36. The zero-order chi connectivity index (χ0) is 14.3. The summed E-state index contributed by atoms with van der Waals surface area (Å²) in [7, 11) is 0. The van der Waals surface area contributed by atoms with Crippen molar-refractivity contribution in [1.29, 1.82) is 0 Å². The molecule has 0 atom stereocenters. The van der Waals surface area contributed by atoms with Crippen LogP contribution in [-0.2, 0) is 12.7 Å². The van der Waals surface area contributed by atoms with Crippen LogP contribution in [0.1, 0.15) is 30.3 Å². The van der Waals surface area contributed by atoms with E-state index in [9.17, 15) is 13.2 Å². The molecule has 3 rings (SSSR count). The van der Waals surface area contributed by atoms with Crippen LogP contribution in [0.3, 0.4) is 0 Å². The molecule has 0 radical (unpaired) electrons. The summed E-state index contributed by atoms with van der Waals surface area (Å²) in [6, 6.07) is 5.40. The normalized spacial score (nSPS) is 15.6. The van der Waals surface area contributed by atoms with E-state index in [1.807, 2.05) is 4.57 Å². The molecule has 1 fully saturated rings. The maximum Gasteiger partial charge on any atom is 0.416 e. The van der Waals surface area contributed by atoms with Crippen LogP contribution in [0.5, 0.6) is 0 Å². The summed E-state index contributed by atoms with van der Waals surface area (Å²) >= 11 is 0. The summed E-state index contributed by atoms with van der Waals surface area (Å²) in [6.45, 7) is 0.225. The Morgan fingerprint density at radius 2 is 2.00 bits per heavy atom. The van der Waals surface area contributed by atoms with Crippen LogP contribution in [0.15, 0.2) is 24.3 Å². The topological polar surface area (TPSA) is 56.7 Å². The fraction of sp³-hybridized carbons (Fsp3) is 0.385. The van der Waals surface area contributed by atoms with Gasteiger partial charge in [0.05, 0.1) is 12.1 Å². The van der Waals surface area contributed by atoms with Gasteiger partial charge in [0, 0.05) is 11.6 Å². The van der Waals surface area contributed by atoms with Gasteiger partial charge in [0.1, 0.15) is 5.82 Å². The number of aromatic nitrogens is 3. The summed E-state index contributed by atoms with van der Waals surface area (Å²) < 4.78 is 40.1. The number of alkyl halides is 3. The molecule has 0 aliphatic heterocycles. The van der Waals surface area contributed by atoms with E-state index >= 15 is 0 Å². The fourth-order valence-corrected chi connectivity index (χ4v) is 2.21. The molecular formula is C13H13F3N4. The molecule has 4 nitrogen and oxygen atoms in total. The van der Waals surface area contributed by atoms with Gasteiger partial charge < -0.3 is 10.3 Å². The number of rotatable bonds is 3. The summed E-state index contributed by atoms with van der Waals surface area (Å²) in [5, 5.41) is 7.98. The lowest BCUT2D eigenvalue weighted by molar-refractivity contribution is -0.137. The SMILES string of the molecule is NCc1nnc(-c2cccc(C(F)(F)F)c2)n1C1CC1. The molecule has 0 bridgehead atoms. The average molecular weight is 282 g/mol. The fourth-order valence-electron chi connectivity index (χ4n) is 2.21. The highest BCUT2D eigenvalue weighted by Crippen LogP contribution is 2.39. The zero-order valence-electron chi connectivity index (χ0n) is 10.6. The second-order valence-electron chi connectivity index (χ2n) is 4.82. The van der Waals surface area contributed by atoms with E-state index < -0.39 is 11.7 Å². The van der Waals surface area contributed by atoms with Crippen LogP contribution < -0.4 is 5.73 Å². The Morgan fingerprint density at radius 3 is 2.60 bits per heavy atom. The molecule has 1 heterocycles. The third-order valence-corrected chi connectivity index (χ3v) is 3.31. The molecule has 0 spiro atoms. The van der Waals surface area contributed by atoms with E-state index in [-0.39, 0.29) is 12.6 Å². The maximum atomic E-state index is 12.8. The van der Waals surface area contributed by atoms with Gasteiger partial charge in [0.15, 0.2) is 5.82 Å². The summed E-state index contributed by atoms with van der Waals surface area (Å²) in [5.74, 6) is 1.07. The Bertz CT molecular complexity index is 629. The van der Waals surface area contributed by atoms with Crippen LogP contribution in [0.25, 0.3) is 11.4 Å². The van der Waals surface area contributed by atoms with Gasteiger partial charge >= 0.3 is 6.18 Å². The molecule has 1 aromatic carbocycles. The van der Waals surface area contributed by atoms with Crippen LogP contribution in [0.2, 0.25) is 0 Å². The molecule has 1 aliphatic carbocycles. The van der Waals surface area contributed by atoms with Crippen LogP contribution >= 0.6 is 0 Å². The summed E-state index contributed by atoms with van der Waals surface area (Å²) in [6.07, 6.45) is -2.40. The molecule has 106 valence electrons. The lowest BCUT2D eigenvalue weighted by Gasteiger charge is -2.10. The van der Waals surface area contributed by atoms with Crippen molar-refractivity contribution in [3.8, 4) is 11.4 Å². The molecule has 0 saturated heterocycles. The largest absolute Gasteiger partial charge is 0.416 e. The lowest BCUT2D eigenvalue weighted by Crippen LogP contribution is -2.09. The average Bonchev–Trinajstić information content (AvgIpc) is 3.17. The van der Waals surface area contributed by atoms with E-state index in [4.69, 9.17) is 5.73 Å². The first-order chi connectivity index (χ1) is 9.50. The third-order valence-electron chi connectivity index (χ3n) is 3.31. The number of nitrogens with zero attached hydrogens (tertiary/aromatic N) is 3. The standard InChI is InChI=1S/C13H13F3N4/c14-13(15,16)9-3-1-2-8(6-9)12-19-18-11(7-17)20(12)10-4-5-10/h1-3,6,10H,4-5,7,17H2. The first kappa shape index (κ1) is 13.1. The predicted molar refractivity (Wildman–Crippen MR) is 66.6 cm³/mol. The molecule has 20 heavy (non-hydrogen) atoms. The molecule has 0 unspecified atom stereocenters. The van der Waals surface area contributed by atoms with Gasteiger partial charge in [0.25, 0.3) is 0 Å². The number of hydrogen-bond donors (Lipinski definition) is 1. The molecule has 2 N–H and O–H groups in total. The zero-order valence-corrected chi connectivity index (χ0v) is 10.6. The van der Waals surface area contributed by atoms with Crippen molar-refractivity contribution in [3.63, 3.8) is 0 Å². The number of halogens is 3. The Hall–Kier alpha value is -1.89. The molecule has 2 aromatic rings. The van der Waals surface area contributed by atoms with Crippen LogP contribution in [0, 0.1) is 0 Å². The van der Waals surface area contributed by atoms with Gasteiger partial charge in [-0.1, -0.05) is 12.1 Å². The second-order valence-corrected chi connectivity index (χ2v) is 4.82. The number of benzene rings is 1. The molecule has 7 heteroatoms. The van der Waals surface area contributed by atoms with Gasteiger partial charge in [-0.05, 0) is 25.0 Å². The summed E-state index contributed by atoms with van der Waals surface area (Å²) in [4.78, 5) is 0. The molecule has 1 aromatic heterocycles. The Balaban J connectivity index is 2.07. The third kappa shape index (κ3) is 2.29. The molecule has 1 aliphatic rings. The Kier molecular flexibility index (Phi) is 3.01.